The van der Waals surface area contributed by atoms with Crippen LogP contribution in [0.1, 0.15) is 32.4 Å². The number of hydrogen-bond donors (Lipinski definition) is 2. The van der Waals surface area contributed by atoms with Crippen LogP contribution in [0.25, 0.3) is 0 Å². The van der Waals surface area contributed by atoms with Gasteiger partial charge in [0.25, 0.3) is 0 Å². The number of pyridine rings is 1. The second-order valence-corrected chi connectivity index (χ2v) is 5.18. The number of carbonyl (C=O) groups excluding carboxylic acids is 2. The molecular formula is C15H22N4O2. The minimum absolute atomic E-state index is 0.214. The van der Waals surface area contributed by atoms with Gasteiger partial charge in [0.1, 0.15) is 5.82 Å². The molecule has 1 unspecified atom stereocenters. The maximum absolute atomic E-state index is 11.8. The minimum Gasteiger partial charge on any atom is -0.370 e. The van der Waals surface area contributed by atoms with Crippen molar-refractivity contribution in [3.05, 3.63) is 23.9 Å². The predicted octanol–water partition coefficient (Wildman–Crippen LogP) is 1.14. The lowest BCUT2D eigenvalue weighted by molar-refractivity contribution is -0.140. The summed E-state index contributed by atoms with van der Waals surface area (Å²) >= 11 is 0. The topological polar surface area (TPSA) is 74.3 Å². The van der Waals surface area contributed by atoms with Crippen LogP contribution in [0, 0.1) is 0 Å². The molecule has 1 aromatic rings. The number of imide groups is 1. The highest BCUT2D eigenvalue weighted by Crippen LogP contribution is 2.14. The quantitative estimate of drug-likeness (QED) is 0.769. The van der Waals surface area contributed by atoms with Crippen LogP contribution in [0.3, 0.4) is 0 Å². The summed E-state index contributed by atoms with van der Waals surface area (Å²) in [6.45, 7) is 5.65. The van der Waals surface area contributed by atoms with Crippen molar-refractivity contribution >= 4 is 17.6 Å². The van der Waals surface area contributed by atoms with Crippen molar-refractivity contribution in [2.75, 3.05) is 18.4 Å². The molecule has 2 amide bonds. The molecule has 0 spiro atoms. The van der Waals surface area contributed by atoms with Gasteiger partial charge in [-0.1, -0.05) is 19.9 Å². The number of aromatic nitrogens is 1. The zero-order valence-corrected chi connectivity index (χ0v) is 12.6. The van der Waals surface area contributed by atoms with Gasteiger partial charge in [0.2, 0.25) is 11.8 Å². The van der Waals surface area contributed by atoms with Gasteiger partial charge < -0.3 is 5.32 Å². The van der Waals surface area contributed by atoms with E-state index in [-0.39, 0.29) is 24.4 Å². The van der Waals surface area contributed by atoms with Gasteiger partial charge in [0.05, 0.1) is 18.3 Å². The maximum Gasteiger partial charge on any atom is 0.243 e. The SMILES string of the molecule is CCCNc1cccc(CN2CC(=O)NC(=O)C2CC)n1. The predicted molar refractivity (Wildman–Crippen MR) is 80.7 cm³/mol. The molecule has 2 N–H and O–H groups in total. The molecule has 1 saturated heterocycles. The Labute approximate surface area is 124 Å². The summed E-state index contributed by atoms with van der Waals surface area (Å²) in [5, 5.41) is 5.62. The summed E-state index contributed by atoms with van der Waals surface area (Å²) in [5.41, 5.74) is 0.858. The Morgan fingerprint density at radius 2 is 2.19 bits per heavy atom. The average Bonchev–Trinajstić information content (AvgIpc) is 2.45. The molecule has 1 aromatic heterocycles. The molecule has 2 heterocycles. The standard InChI is InChI=1S/C15H22N4O2/c1-3-8-16-13-7-5-6-11(17-13)9-19-10-14(20)18-15(21)12(19)4-2/h5-7,12H,3-4,8-10H2,1-2H3,(H,16,17)(H,18,20,21). The molecular weight excluding hydrogens is 268 g/mol. The Balaban J connectivity index is 2.08. The molecule has 114 valence electrons. The lowest BCUT2D eigenvalue weighted by Crippen LogP contribution is -2.57. The lowest BCUT2D eigenvalue weighted by atomic mass is 10.1. The van der Waals surface area contributed by atoms with Crippen molar-refractivity contribution in [1.82, 2.24) is 15.2 Å². The van der Waals surface area contributed by atoms with Gasteiger partial charge in [-0.05, 0) is 25.0 Å². The molecule has 1 aliphatic heterocycles. The van der Waals surface area contributed by atoms with Gasteiger partial charge in [0, 0.05) is 13.1 Å². The highest BCUT2D eigenvalue weighted by atomic mass is 16.2. The van der Waals surface area contributed by atoms with Crippen LogP contribution in [-0.2, 0) is 16.1 Å². The van der Waals surface area contributed by atoms with E-state index in [0.717, 1.165) is 24.5 Å². The van der Waals surface area contributed by atoms with Crippen LogP contribution in [0.4, 0.5) is 5.82 Å². The second kappa shape index (κ2) is 7.17. The first kappa shape index (κ1) is 15.4. The molecule has 6 heteroatoms. The van der Waals surface area contributed by atoms with E-state index in [1.165, 1.54) is 0 Å². The zero-order chi connectivity index (χ0) is 15.2. The van der Waals surface area contributed by atoms with Crippen molar-refractivity contribution in [2.24, 2.45) is 0 Å². The Morgan fingerprint density at radius 3 is 2.90 bits per heavy atom. The number of nitrogens with zero attached hydrogens (tertiary/aromatic N) is 2. The normalized spacial score (nSPS) is 19.4. The van der Waals surface area contributed by atoms with E-state index < -0.39 is 0 Å². The Bertz CT molecular complexity index is 518. The first-order valence-electron chi connectivity index (χ1n) is 7.41. The molecule has 1 aliphatic rings. The molecule has 2 rings (SSSR count). The molecule has 21 heavy (non-hydrogen) atoms. The Hall–Kier alpha value is -1.95. The molecule has 6 nitrogen and oxygen atoms in total. The highest BCUT2D eigenvalue weighted by molar-refractivity contribution is 6.01. The average molecular weight is 290 g/mol. The van der Waals surface area contributed by atoms with Crippen molar-refractivity contribution < 1.29 is 9.59 Å². The van der Waals surface area contributed by atoms with Crippen LogP contribution in [0.5, 0.6) is 0 Å². The first-order valence-corrected chi connectivity index (χ1v) is 7.41. The van der Waals surface area contributed by atoms with Crippen LogP contribution in [0.15, 0.2) is 18.2 Å². The number of carbonyl (C=O) groups is 2. The Kier molecular flexibility index (Phi) is 5.27. The number of hydrogen-bond acceptors (Lipinski definition) is 5. The fourth-order valence-electron chi connectivity index (χ4n) is 2.46. The molecule has 0 aromatic carbocycles. The molecule has 0 radical (unpaired) electrons. The summed E-state index contributed by atoms with van der Waals surface area (Å²) in [7, 11) is 0. The maximum atomic E-state index is 11.8. The summed E-state index contributed by atoms with van der Waals surface area (Å²) in [6, 6.07) is 5.51. The van der Waals surface area contributed by atoms with Crippen molar-refractivity contribution in [3.63, 3.8) is 0 Å². The van der Waals surface area contributed by atoms with E-state index in [2.05, 4.69) is 22.5 Å². The molecule has 0 bridgehead atoms. The number of nitrogens with one attached hydrogen (secondary N) is 2. The van der Waals surface area contributed by atoms with E-state index in [4.69, 9.17) is 0 Å². The van der Waals surface area contributed by atoms with Gasteiger partial charge in [0.15, 0.2) is 0 Å². The van der Waals surface area contributed by atoms with Crippen molar-refractivity contribution in [2.45, 2.75) is 39.3 Å². The van der Waals surface area contributed by atoms with E-state index in [0.29, 0.717) is 13.0 Å². The smallest absolute Gasteiger partial charge is 0.243 e. The van der Waals surface area contributed by atoms with Gasteiger partial charge >= 0.3 is 0 Å². The van der Waals surface area contributed by atoms with Crippen molar-refractivity contribution in [3.8, 4) is 0 Å². The largest absolute Gasteiger partial charge is 0.370 e. The monoisotopic (exact) mass is 290 g/mol. The van der Waals surface area contributed by atoms with Crippen LogP contribution in [-0.4, -0.2) is 40.8 Å². The third-order valence-corrected chi connectivity index (χ3v) is 3.47. The third kappa shape index (κ3) is 4.01. The summed E-state index contributed by atoms with van der Waals surface area (Å²) in [5.74, 6) is 0.370. The molecule has 1 fully saturated rings. The summed E-state index contributed by atoms with van der Waals surface area (Å²) in [6.07, 6.45) is 1.71. The lowest BCUT2D eigenvalue weighted by Gasteiger charge is -2.33. The van der Waals surface area contributed by atoms with E-state index in [1.807, 2.05) is 30.0 Å². The van der Waals surface area contributed by atoms with Gasteiger partial charge in [-0.3, -0.25) is 19.8 Å². The fraction of sp³-hybridized carbons (Fsp3) is 0.533. The minimum atomic E-state index is -0.267. The van der Waals surface area contributed by atoms with Gasteiger partial charge in [-0.2, -0.15) is 0 Å². The van der Waals surface area contributed by atoms with E-state index >= 15 is 0 Å². The Morgan fingerprint density at radius 1 is 1.38 bits per heavy atom. The number of rotatable bonds is 6. The number of piperazine rings is 1. The number of anilines is 1. The van der Waals surface area contributed by atoms with Gasteiger partial charge in [-0.25, -0.2) is 4.98 Å². The van der Waals surface area contributed by atoms with Crippen molar-refractivity contribution in [1.29, 1.82) is 0 Å². The number of amides is 2. The first-order chi connectivity index (χ1) is 10.1. The van der Waals surface area contributed by atoms with Crippen LogP contribution < -0.4 is 10.6 Å². The van der Waals surface area contributed by atoms with E-state index in [1.54, 1.807) is 0 Å². The van der Waals surface area contributed by atoms with Crippen LogP contribution in [0.2, 0.25) is 0 Å². The van der Waals surface area contributed by atoms with Gasteiger partial charge in [-0.15, -0.1) is 0 Å². The third-order valence-electron chi connectivity index (χ3n) is 3.47. The zero-order valence-electron chi connectivity index (χ0n) is 12.6. The summed E-state index contributed by atoms with van der Waals surface area (Å²) < 4.78 is 0. The molecule has 0 aliphatic carbocycles. The highest BCUT2D eigenvalue weighted by Gasteiger charge is 2.32. The van der Waals surface area contributed by atoms with Crippen LogP contribution >= 0.6 is 0 Å². The molecule has 1 atom stereocenters. The second-order valence-electron chi connectivity index (χ2n) is 5.18. The molecule has 0 saturated carbocycles. The summed E-state index contributed by atoms with van der Waals surface area (Å²) in [4.78, 5) is 29.8. The van der Waals surface area contributed by atoms with E-state index in [9.17, 15) is 9.59 Å². The fourth-order valence-corrected chi connectivity index (χ4v) is 2.46.